The largest absolute Gasteiger partial charge is 0.444 e. The first kappa shape index (κ1) is 19.9. The van der Waals surface area contributed by atoms with Crippen LogP contribution in [0.15, 0.2) is 34.9 Å². The van der Waals surface area contributed by atoms with Gasteiger partial charge >= 0.3 is 6.18 Å². The second kappa shape index (κ2) is 8.16. The van der Waals surface area contributed by atoms with Crippen molar-refractivity contribution in [3.05, 3.63) is 41.8 Å². The molecule has 2 aliphatic rings. The fourth-order valence-corrected chi connectivity index (χ4v) is 3.65. The Morgan fingerprint density at radius 2 is 1.86 bits per heavy atom. The number of benzene rings is 1. The summed E-state index contributed by atoms with van der Waals surface area (Å²) in [6.45, 7) is 3.95. The Hall–Kier alpha value is -2.39. The summed E-state index contributed by atoms with van der Waals surface area (Å²) in [6.07, 6.45) is -1.40. The Morgan fingerprint density at radius 1 is 1.14 bits per heavy atom. The van der Waals surface area contributed by atoms with E-state index < -0.39 is 11.7 Å². The van der Waals surface area contributed by atoms with Crippen LogP contribution >= 0.6 is 0 Å². The second-order valence-corrected chi connectivity index (χ2v) is 7.32. The second-order valence-electron chi connectivity index (χ2n) is 7.32. The molecule has 4 rings (SSSR count). The van der Waals surface area contributed by atoms with E-state index in [-0.39, 0.29) is 12.0 Å². The zero-order valence-electron chi connectivity index (χ0n) is 15.8. The van der Waals surface area contributed by atoms with E-state index in [1.807, 2.05) is 4.90 Å². The number of hydrogen-bond acceptors (Lipinski definition) is 5. The van der Waals surface area contributed by atoms with Crippen LogP contribution in [0.3, 0.4) is 0 Å². The van der Waals surface area contributed by atoms with Crippen molar-refractivity contribution in [3.63, 3.8) is 0 Å². The standard InChI is InChI=1S/C20H22F3N3O3/c21-20(22,23)15-5-3-14(4-6-15)18-24-16(13-29-18)12-25-7-9-26(10-8-25)19(27)17-2-1-11-28-17/h3-6,13,17H,1-2,7-12H2. The molecule has 0 spiro atoms. The summed E-state index contributed by atoms with van der Waals surface area (Å²) in [7, 11) is 0. The topological polar surface area (TPSA) is 58.8 Å². The summed E-state index contributed by atoms with van der Waals surface area (Å²) in [5.74, 6) is 0.370. The lowest BCUT2D eigenvalue weighted by Crippen LogP contribution is -2.51. The highest BCUT2D eigenvalue weighted by atomic mass is 19.4. The molecule has 1 amide bonds. The molecule has 0 radical (unpaired) electrons. The summed E-state index contributed by atoms with van der Waals surface area (Å²) < 4.78 is 48.9. The van der Waals surface area contributed by atoms with Gasteiger partial charge in [0.15, 0.2) is 0 Å². The highest BCUT2D eigenvalue weighted by molar-refractivity contribution is 5.81. The molecule has 2 fully saturated rings. The number of carbonyl (C=O) groups excluding carboxylic acids is 1. The van der Waals surface area contributed by atoms with Crippen LogP contribution in [0.2, 0.25) is 0 Å². The number of carbonyl (C=O) groups is 1. The van der Waals surface area contributed by atoms with Crippen molar-refractivity contribution in [2.75, 3.05) is 32.8 Å². The molecule has 6 nitrogen and oxygen atoms in total. The van der Waals surface area contributed by atoms with E-state index in [9.17, 15) is 18.0 Å². The Bertz CT molecular complexity index is 837. The van der Waals surface area contributed by atoms with Gasteiger partial charge in [-0.05, 0) is 37.1 Å². The van der Waals surface area contributed by atoms with Crippen LogP contribution in [0.25, 0.3) is 11.5 Å². The van der Waals surface area contributed by atoms with Gasteiger partial charge in [0.25, 0.3) is 5.91 Å². The first-order valence-electron chi connectivity index (χ1n) is 9.65. The molecule has 0 aliphatic carbocycles. The molecular formula is C20H22F3N3O3. The predicted octanol–water partition coefficient (Wildman–Crippen LogP) is 3.18. The molecule has 0 bridgehead atoms. The summed E-state index contributed by atoms with van der Waals surface area (Å²) in [5.41, 5.74) is 0.499. The lowest BCUT2D eigenvalue weighted by atomic mass is 10.1. The molecule has 1 atom stereocenters. The van der Waals surface area contributed by atoms with Crippen molar-refractivity contribution in [2.45, 2.75) is 31.7 Å². The van der Waals surface area contributed by atoms with E-state index in [0.29, 0.717) is 43.4 Å². The SMILES string of the molecule is O=C(C1CCCO1)N1CCN(Cc2coc(-c3ccc(C(F)(F)F)cc3)n2)CC1. The normalized spacial score (nSPS) is 20.9. The van der Waals surface area contributed by atoms with Crippen molar-refractivity contribution in [2.24, 2.45) is 0 Å². The third-order valence-electron chi connectivity index (χ3n) is 5.29. The molecule has 9 heteroatoms. The molecule has 0 N–H and O–H groups in total. The molecule has 29 heavy (non-hydrogen) atoms. The lowest BCUT2D eigenvalue weighted by Gasteiger charge is -2.35. The third kappa shape index (κ3) is 4.62. The van der Waals surface area contributed by atoms with Gasteiger partial charge in [-0.15, -0.1) is 0 Å². The number of ether oxygens (including phenoxy) is 1. The maximum absolute atomic E-state index is 12.7. The smallest absolute Gasteiger partial charge is 0.416 e. The lowest BCUT2D eigenvalue weighted by molar-refractivity contribution is -0.142. The molecule has 156 valence electrons. The van der Waals surface area contributed by atoms with Crippen LogP contribution in [0.1, 0.15) is 24.1 Å². The van der Waals surface area contributed by atoms with Gasteiger partial charge in [0, 0.05) is 44.9 Å². The van der Waals surface area contributed by atoms with Crippen molar-refractivity contribution in [1.29, 1.82) is 0 Å². The predicted molar refractivity (Wildman–Crippen MR) is 97.8 cm³/mol. The summed E-state index contributed by atoms with van der Waals surface area (Å²) >= 11 is 0. The van der Waals surface area contributed by atoms with Gasteiger partial charge in [-0.25, -0.2) is 4.98 Å². The van der Waals surface area contributed by atoms with Crippen LogP contribution < -0.4 is 0 Å². The van der Waals surface area contributed by atoms with E-state index in [4.69, 9.17) is 9.15 Å². The minimum absolute atomic E-state index is 0.0770. The molecule has 1 unspecified atom stereocenters. The minimum atomic E-state index is -4.37. The summed E-state index contributed by atoms with van der Waals surface area (Å²) in [5, 5.41) is 0. The Kier molecular flexibility index (Phi) is 5.60. The highest BCUT2D eigenvalue weighted by Gasteiger charge is 2.31. The van der Waals surface area contributed by atoms with E-state index in [1.165, 1.54) is 18.4 Å². The van der Waals surface area contributed by atoms with Crippen molar-refractivity contribution in [1.82, 2.24) is 14.8 Å². The zero-order valence-corrected chi connectivity index (χ0v) is 15.8. The van der Waals surface area contributed by atoms with Crippen LogP contribution in [-0.2, 0) is 22.3 Å². The first-order chi connectivity index (χ1) is 13.9. The molecule has 2 aliphatic heterocycles. The van der Waals surface area contributed by atoms with Crippen molar-refractivity contribution >= 4 is 5.91 Å². The summed E-state index contributed by atoms with van der Waals surface area (Å²) in [4.78, 5) is 20.8. The minimum Gasteiger partial charge on any atom is -0.444 e. The van der Waals surface area contributed by atoms with Crippen LogP contribution in [0, 0.1) is 0 Å². The van der Waals surface area contributed by atoms with Crippen molar-refractivity contribution < 1.29 is 27.1 Å². The Labute approximate surface area is 166 Å². The number of amides is 1. The zero-order chi connectivity index (χ0) is 20.4. The van der Waals surface area contributed by atoms with Gasteiger partial charge < -0.3 is 14.1 Å². The van der Waals surface area contributed by atoms with Gasteiger partial charge in [0.05, 0.1) is 11.3 Å². The number of rotatable bonds is 4. The fourth-order valence-electron chi connectivity index (χ4n) is 3.65. The van der Waals surface area contributed by atoms with E-state index >= 15 is 0 Å². The average molecular weight is 409 g/mol. The van der Waals surface area contributed by atoms with Gasteiger partial charge in [0.2, 0.25) is 5.89 Å². The molecule has 2 aromatic rings. The maximum atomic E-state index is 12.7. The van der Waals surface area contributed by atoms with Gasteiger partial charge in [-0.1, -0.05) is 0 Å². The summed E-state index contributed by atoms with van der Waals surface area (Å²) in [6, 6.07) is 4.74. The molecular weight excluding hydrogens is 387 g/mol. The number of piperazine rings is 1. The van der Waals surface area contributed by atoms with Crippen molar-refractivity contribution in [3.8, 4) is 11.5 Å². The Balaban J connectivity index is 1.31. The number of hydrogen-bond donors (Lipinski definition) is 0. The maximum Gasteiger partial charge on any atom is 0.416 e. The molecule has 0 saturated carbocycles. The Morgan fingerprint density at radius 3 is 2.48 bits per heavy atom. The van der Waals surface area contributed by atoms with Gasteiger partial charge in [-0.2, -0.15) is 13.2 Å². The van der Waals surface area contributed by atoms with Crippen LogP contribution in [0.4, 0.5) is 13.2 Å². The molecule has 3 heterocycles. The van der Waals surface area contributed by atoms with E-state index in [2.05, 4.69) is 9.88 Å². The van der Waals surface area contributed by atoms with E-state index in [0.717, 1.165) is 38.1 Å². The van der Waals surface area contributed by atoms with Crippen LogP contribution in [0.5, 0.6) is 0 Å². The fraction of sp³-hybridized carbons (Fsp3) is 0.500. The van der Waals surface area contributed by atoms with Crippen LogP contribution in [-0.4, -0.2) is 59.6 Å². The molecule has 2 saturated heterocycles. The average Bonchev–Trinajstić information content (AvgIpc) is 3.40. The number of alkyl halides is 3. The van der Waals surface area contributed by atoms with Gasteiger partial charge in [0.1, 0.15) is 12.4 Å². The number of aromatic nitrogens is 1. The van der Waals surface area contributed by atoms with E-state index in [1.54, 1.807) is 0 Å². The number of halogens is 3. The number of nitrogens with zero attached hydrogens (tertiary/aromatic N) is 3. The monoisotopic (exact) mass is 409 g/mol. The molecule has 1 aromatic carbocycles. The molecule has 1 aromatic heterocycles. The number of oxazole rings is 1. The first-order valence-corrected chi connectivity index (χ1v) is 9.65. The van der Waals surface area contributed by atoms with Gasteiger partial charge in [-0.3, -0.25) is 9.69 Å². The third-order valence-corrected chi connectivity index (χ3v) is 5.29. The highest BCUT2D eigenvalue weighted by Crippen LogP contribution is 2.30. The quantitative estimate of drug-likeness (QED) is 0.776.